The highest BCUT2D eigenvalue weighted by molar-refractivity contribution is 5.91. The van der Waals surface area contributed by atoms with Crippen LogP contribution in [0.5, 0.6) is 0 Å². The van der Waals surface area contributed by atoms with Crippen LogP contribution in [0.3, 0.4) is 0 Å². The Morgan fingerprint density at radius 1 is 1.18 bits per heavy atom. The lowest BCUT2D eigenvalue weighted by Crippen LogP contribution is -2.23. The van der Waals surface area contributed by atoms with Gasteiger partial charge in [-0.2, -0.15) is 13.2 Å². The molecule has 0 spiro atoms. The number of hydrogen-bond acceptors (Lipinski definition) is 4. The minimum absolute atomic E-state index is 0.0372. The van der Waals surface area contributed by atoms with Crippen molar-refractivity contribution in [2.75, 3.05) is 0 Å². The minimum atomic E-state index is -4.73. The molecule has 4 aromatic rings. The van der Waals surface area contributed by atoms with Gasteiger partial charge in [0.1, 0.15) is 5.58 Å². The van der Waals surface area contributed by atoms with Crippen molar-refractivity contribution in [1.82, 2.24) is 10.3 Å². The normalized spacial score (nSPS) is 13.6. The Hall–Kier alpha value is -4.53. The molecule has 39 heavy (non-hydrogen) atoms. The number of halogens is 3. The number of carboxylic acid groups (broad SMARTS) is 1. The zero-order chi connectivity index (χ0) is 28.5. The Balaban J connectivity index is 1.90. The highest BCUT2D eigenvalue weighted by Gasteiger charge is 2.33. The van der Waals surface area contributed by atoms with Crippen molar-refractivity contribution in [2.45, 2.75) is 39.4 Å². The second-order valence-electron chi connectivity index (χ2n) is 9.28. The maximum atomic E-state index is 13.8. The van der Waals surface area contributed by atoms with Crippen molar-refractivity contribution in [3.63, 3.8) is 0 Å². The first-order chi connectivity index (χ1) is 18.4. The Morgan fingerprint density at radius 2 is 1.90 bits per heavy atom. The van der Waals surface area contributed by atoms with Crippen molar-refractivity contribution in [3.8, 4) is 11.5 Å². The van der Waals surface area contributed by atoms with Crippen LogP contribution in [0.25, 0.3) is 33.3 Å². The predicted octanol–water partition coefficient (Wildman–Crippen LogP) is 7.49. The van der Waals surface area contributed by atoms with Gasteiger partial charge in [0, 0.05) is 28.2 Å². The number of aromatic amines is 1. The van der Waals surface area contributed by atoms with Crippen molar-refractivity contribution in [2.24, 2.45) is 0 Å². The van der Waals surface area contributed by atoms with Gasteiger partial charge < -0.3 is 19.8 Å². The number of aliphatic carboxylic acids is 1. The third-order valence-electron chi connectivity index (χ3n) is 6.49. The zero-order valence-corrected chi connectivity index (χ0v) is 21.6. The molecule has 0 aliphatic rings. The molecule has 0 saturated heterocycles. The highest BCUT2D eigenvalue weighted by Crippen LogP contribution is 2.36. The lowest BCUT2D eigenvalue weighted by atomic mass is 9.99. The molecular weight excluding hydrogens is 509 g/mol. The number of carbonyl (C=O) groups is 1. The number of H-pyrrole nitrogens is 1. The van der Waals surface area contributed by atoms with E-state index >= 15 is 0 Å². The van der Waals surface area contributed by atoms with Crippen LogP contribution in [0.1, 0.15) is 44.4 Å². The van der Waals surface area contributed by atoms with E-state index in [4.69, 9.17) is 4.42 Å². The van der Waals surface area contributed by atoms with E-state index in [1.54, 1.807) is 19.1 Å². The molecular formula is C30H27F3N2O4. The molecule has 6 nitrogen and oxygen atoms in total. The Bertz CT molecular complexity index is 1670. The first kappa shape index (κ1) is 27.5. The van der Waals surface area contributed by atoms with E-state index in [-0.39, 0.29) is 33.6 Å². The number of fused-ring (bicyclic) bond motifs is 2. The molecule has 1 unspecified atom stereocenters. The van der Waals surface area contributed by atoms with Gasteiger partial charge in [-0.25, -0.2) is 4.79 Å². The van der Waals surface area contributed by atoms with Gasteiger partial charge >= 0.3 is 12.1 Å². The molecule has 202 valence electrons. The summed E-state index contributed by atoms with van der Waals surface area (Å²) in [6.45, 7) is 8.95. The summed E-state index contributed by atoms with van der Waals surface area (Å²) in [7, 11) is 0. The second kappa shape index (κ2) is 10.7. The van der Waals surface area contributed by atoms with E-state index in [2.05, 4.69) is 16.9 Å². The largest absolute Gasteiger partial charge is 0.478 e. The average molecular weight is 537 g/mol. The maximum Gasteiger partial charge on any atom is 0.416 e. The Kier molecular flexibility index (Phi) is 7.53. The van der Waals surface area contributed by atoms with Crippen LogP contribution in [-0.2, 0) is 11.0 Å². The number of alkyl halides is 3. The van der Waals surface area contributed by atoms with Crippen molar-refractivity contribution < 1.29 is 27.5 Å². The molecule has 0 bridgehead atoms. The number of benzene rings is 2. The molecule has 0 saturated carbocycles. The molecule has 4 rings (SSSR count). The summed E-state index contributed by atoms with van der Waals surface area (Å²) in [4.78, 5) is 27.9. The molecule has 9 heteroatoms. The summed E-state index contributed by atoms with van der Waals surface area (Å²) < 4.78 is 47.6. The number of rotatable bonds is 8. The second-order valence-corrected chi connectivity index (χ2v) is 9.28. The first-order valence-corrected chi connectivity index (χ1v) is 12.2. The van der Waals surface area contributed by atoms with Gasteiger partial charge in [-0.3, -0.25) is 4.79 Å². The van der Waals surface area contributed by atoms with E-state index in [0.29, 0.717) is 5.69 Å². The molecule has 0 aliphatic heterocycles. The van der Waals surface area contributed by atoms with Gasteiger partial charge in [-0.15, -0.1) is 0 Å². The third kappa shape index (κ3) is 5.82. The molecule has 0 fully saturated rings. The Morgan fingerprint density at radius 3 is 2.54 bits per heavy atom. The maximum absolute atomic E-state index is 13.8. The molecule has 0 aliphatic carbocycles. The number of carboxylic acids is 1. The lowest BCUT2D eigenvalue weighted by molar-refractivity contribution is -0.137. The smallest absolute Gasteiger partial charge is 0.416 e. The fraction of sp³-hybridized carbons (Fsp3) is 0.200. The van der Waals surface area contributed by atoms with E-state index in [0.717, 1.165) is 41.1 Å². The SMILES string of the molecule is C=C(C(=O)O)/C(=C\C=C(/C)CC)NC(C)c1cc(C(F)(F)F)cc2c(=O)cc(-c3cc4ccccc4[nH]3)oc12. The van der Waals surface area contributed by atoms with Crippen LogP contribution in [0, 0.1) is 0 Å². The van der Waals surface area contributed by atoms with Crippen LogP contribution >= 0.6 is 0 Å². The third-order valence-corrected chi connectivity index (χ3v) is 6.49. The Labute approximate surface area is 222 Å². The number of para-hydroxylation sites is 1. The molecule has 2 aromatic heterocycles. The summed E-state index contributed by atoms with van der Waals surface area (Å²) in [5.74, 6) is -1.13. The molecule has 3 N–H and O–H groups in total. The predicted molar refractivity (Wildman–Crippen MR) is 145 cm³/mol. The van der Waals surface area contributed by atoms with Crippen molar-refractivity contribution >= 4 is 27.8 Å². The minimum Gasteiger partial charge on any atom is -0.478 e. The summed E-state index contributed by atoms with van der Waals surface area (Å²) in [5.41, 5.74) is 0.432. The van der Waals surface area contributed by atoms with Gasteiger partial charge in [0.15, 0.2) is 11.2 Å². The van der Waals surface area contributed by atoms with Crippen LogP contribution in [0.2, 0.25) is 0 Å². The molecule has 2 aromatic carbocycles. The van der Waals surface area contributed by atoms with Gasteiger partial charge in [0.2, 0.25) is 0 Å². The molecule has 0 radical (unpaired) electrons. The molecule has 2 heterocycles. The quantitative estimate of drug-likeness (QED) is 0.160. The fourth-order valence-electron chi connectivity index (χ4n) is 4.11. The number of nitrogens with one attached hydrogen (secondary N) is 2. The van der Waals surface area contributed by atoms with Crippen molar-refractivity contribution in [3.05, 3.63) is 105 Å². The molecule has 0 amide bonds. The summed E-state index contributed by atoms with van der Waals surface area (Å²) >= 11 is 0. The van der Waals surface area contributed by atoms with Crippen LogP contribution in [-0.4, -0.2) is 16.1 Å². The van der Waals surface area contributed by atoms with E-state index in [1.807, 2.05) is 38.1 Å². The van der Waals surface area contributed by atoms with Crippen LogP contribution in [0.4, 0.5) is 13.2 Å². The van der Waals surface area contributed by atoms with E-state index in [1.165, 1.54) is 6.08 Å². The zero-order valence-electron chi connectivity index (χ0n) is 21.6. The van der Waals surface area contributed by atoms with E-state index in [9.17, 15) is 27.9 Å². The fourth-order valence-corrected chi connectivity index (χ4v) is 4.11. The standard InChI is InChI=1S/C30H27F3N2O4/c1-5-16(2)10-11-23(17(3)29(37)38)34-18(4)21-13-20(30(31,32)33)14-22-26(36)15-27(39-28(21)22)25-12-19-8-6-7-9-24(19)35-25/h6-15,18,34-35H,3,5H2,1-2,4H3,(H,37,38)/b16-10+,23-11+. The van der Waals surface area contributed by atoms with Gasteiger partial charge in [-0.1, -0.05) is 43.4 Å². The first-order valence-electron chi connectivity index (χ1n) is 12.2. The van der Waals surface area contributed by atoms with E-state index < -0.39 is 29.2 Å². The van der Waals surface area contributed by atoms with Gasteiger partial charge in [0.25, 0.3) is 0 Å². The van der Waals surface area contributed by atoms with Crippen LogP contribution in [0.15, 0.2) is 93.3 Å². The number of allylic oxidation sites excluding steroid dienone is 3. The number of hydrogen-bond donors (Lipinski definition) is 3. The number of aromatic nitrogens is 1. The van der Waals surface area contributed by atoms with Crippen molar-refractivity contribution in [1.29, 1.82) is 0 Å². The lowest BCUT2D eigenvalue weighted by Gasteiger charge is -2.21. The highest BCUT2D eigenvalue weighted by atomic mass is 19.4. The average Bonchev–Trinajstić information content (AvgIpc) is 3.33. The molecule has 1 atom stereocenters. The summed E-state index contributed by atoms with van der Waals surface area (Å²) in [6, 6.07) is 11.1. The monoisotopic (exact) mass is 536 g/mol. The van der Waals surface area contributed by atoms with Gasteiger partial charge in [0.05, 0.1) is 28.3 Å². The summed E-state index contributed by atoms with van der Waals surface area (Å²) in [5, 5.41) is 13.1. The summed E-state index contributed by atoms with van der Waals surface area (Å²) in [6.07, 6.45) is -0.774. The van der Waals surface area contributed by atoms with Gasteiger partial charge in [-0.05, 0) is 50.6 Å². The topological polar surface area (TPSA) is 95.3 Å². The van der Waals surface area contributed by atoms with Crippen LogP contribution < -0.4 is 10.7 Å².